The van der Waals surface area contributed by atoms with Gasteiger partial charge in [0.25, 0.3) is 0 Å². The van der Waals surface area contributed by atoms with E-state index >= 15 is 0 Å². The number of aromatic hydroxyl groups is 1. The summed E-state index contributed by atoms with van der Waals surface area (Å²) in [5.41, 5.74) is 0.800. The van der Waals surface area contributed by atoms with Crippen molar-refractivity contribution in [2.24, 2.45) is 0 Å². The average Bonchev–Trinajstić information content (AvgIpc) is 2.33. The molecule has 1 atom stereocenters. The summed E-state index contributed by atoms with van der Waals surface area (Å²) in [5, 5.41) is 15.9. The highest BCUT2D eigenvalue weighted by Gasteiger charge is 2.15. The summed E-state index contributed by atoms with van der Waals surface area (Å²) in [6.45, 7) is 6.10. The van der Waals surface area contributed by atoms with Crippen molar-refractivity contribution in [2.75, 3.05) is 6.54 Å². The summed E-state index contributed by atoms with van der Waals surface area (Å²) in [6.07, 6.45) is 0.791. The van der Waals surface area contributed by atoms with Crippen LogP contribution in [0.2, 0.25) is 0 Å². The third kappa shape index (κ3) is 5.20. The minimum Gasteiger partial charge on any atom is -0.508 e. The van der Waals surface area contributed by atoms with E-state index in [0.717, 1.165) is 16.5 Å². The zero-order valence-corrected chi connectivity index (χ0v) is 13.1. The Bertz CT molecular complexity index is 435. The SMILES string of the molecule is CCC(NCC(=O)NC(C)C)c1cc(Br)ccc1O. The van der Waals surface area contributed by atoms with E-state index in [2.05, 4.69) is 26.6 Å². The molecule has 19 heavy (non-hydrogen) atoms. The van der Waals surface area contributed by atoms with Gasteiger partial charge in [-0.1, -0.05) is 22.9 Å². The number of halogens is 1. The van der Waals surface area contributed by atoms with E-state index < -0.39 is 0 Å². The smallest absolute Gasteiger partial charge is 0.234 e. The third-order valence-electron chi connectivity index (χ3n) is 2.73. The fourth-order valence-corrected chi connectivity index (χ4v) is 2.25. The molecule has 1 aromatic rings. The van der Waals surface area contributed by atoms with Gasteiger partial charge in [-0.15, -0.1) is 0 Å². The molecule has 106 valence electrons. The zero-order chi connectivity index (χ0) is 14.4. The van der Waals surface area contributed by atoms with E-state index in [4.69, 9.17) is 0 Å². The number of hydrogen-bond acceptors (Lipinski definition) is 3. The quantitative estimate of drug-likeness (QED) is 0.752. The van der Waals surface area contributed by atoms with Crippen LogP contribution in [0, 0.1) is 0 Å². The molecule has 0 aromatic heterocycles. The Morgan fingerprint density at radius 2 is 2.11 bits per heavy atom. The number of hydrogen-bond donors (Lipinski definition) is 3. The molecule has 3 N–H and O–H groups in total. The maximum absolute atomic E-state index is 11.6. The molecule has 1 amide bonds. The molecule has 0 heterocycles. The minimum atomic E-state index is -0.0459. The molecule has 0 saturated heterocycles. The number of rotatable bonds is 6. The molecule has 1 unspecified atom stereocenters. The Morgan fingerprint density at radius 3 is 2.68 bits per heavy atom. The lowest BCUT2D eigenvalue weighted by molar-refractivity contribution is -0.120. The van der Waals surface area contributed by atoms with Crippen molar-refractivity contribution >= 4 is 21.8 Å². The summed E-state index contributed by atoms with van der Waals surface area (Å²) in [7, 11) is 0. The third-order valence-corrected chi connectivity index (χ3v) is 3.23. The van der Waals surface area contributed by atoms with E-state index in [1.165, 1.54) is 0 Å². The monoisotopic (exact) mass is 328 g/mol. The van der Waals surface area contributed by atoms with Gasteiger partial charge in [0.1, 0.15) is 5.75 Å². The second kappa shape index (κ2) is 7.50. The largest absolute Gasteiger partial charge is 0.508 e. The fraction of sp³-hybridized carbons (Fsp3) is 0.500. The standard InChI is InChI=1S/C14H21BrN2O2/c1-4-12(16-8-14(19)17-9(2)3)11-7-10(15)5-6-13(11)18/h5-7,9,12,16,18H,4,8H2,1-3H3,(H,17,19). The van der Waals surface area contributed by atoms with E-state index in [1.54, 1.807) is 12.1 Å². The molecule has 1 rings (SSSR count). The van der Waals surface area contributed by atoms with E-state index in [1.807, 2.05) is 26.8 Å². The zero-order valence-electron chi connectivity index (χ0n) is 11.5. The number of benzene rings is 1. The highest BCUT2D eigenvalue weighted by atomic mass is 79.9. The Labute approximate surface area is 122 Å². The number of nitrogens with one attached hydrogen (secondary N) is 2. The Balaban J connectivity index is 2.68. The van der Waals surface area contributed by atoms with Crippen LogP contribution in [0.15, 0.2) is 22.7 Å². The van der Waals surface area contributed by atoms with Crippen LogP contribution < -0.4 is 10.6 Å². The molecule has 5 heteroatoms. The lowest BCUT2D eigenvalue weighted by atomic mass is 10.0. The minimum absolute atomic E-state index is 0.0389. The van der Waals surface area contributed by atoms with Crippen molar-refractivity contribution in [3.05, 3.63) is 28.2 Å². The predicted molar refractivity (Wildman–Crippen MR) is 80.1 cm³/mol. The van der Waals surface area contributed by atoms with E-state index in [9.17, 15) is 9.90 Å². The molecular formula is C14H21BrN2O2. The van der Waals surface area contributed by atoms with Gasteiger partial charge >= 0.3 is 0 Å². The van der Waals surface area contributed by atoms with Crippen LogP contribution in [0.25, 0.3) is 0 Å². The first-order valence-corrected chi connectivity index (χ1v) is 7.24. The predicted octanol–water partition coefficient (Wildman–Crippen LogP) is 2.72. The Morgan fingerprint density at radius 1 is 1.42 bits per heavy atom. The van der Waals surface area contributed by atoms with Crippen LogP contribution in [0.3, 0.4) is 0 Å². The lowest BCUT2D eigenvalue weighted by Crippen LogP contribution is -2.38. The van der Waals surface area contributed by atoms with Gasteiger partial charge in [0.2, 0.25) is 5.91 Å². The van der Waals surface area contributed by atoms with Crippen molar-refractivity contribution < 1.29 is 9.90 Å². The molecule has 0 saturated carbocycles. The van der Waals surface area contributed by atoms with Crippen LogP contribution >= 0.6 is 15.9 Å². The molecular weight excluding hydrogens is 308 g/mol. The van der Waals surface area contributed by atoms with Crippen LogP contribution in [0.5, 0.6) is 5.75 Å². The van der Waals surface area contributed by atoms with Crippen LogP contribution in [0.4, 0.5) is 0 Å². The van der Waals surface area contributed by atoms with Gasteiger partial charge in [0.15, 0.2) is 0 Å². The molecule has 0 bridgehead atoms. The normalized spacial score (nSPS) is 12.5. The maximum Gasteiger partial charge on any atom is 0.234 e. The summed E-state index contributed by atoms with van der Waals surface area (Å²) < 4.78 is 0.909. The van der Waals surface area contributed by atoms with Gasteiger partial charge < -0.3 is 15.7 Å². The molecule has 0 fully saturated rings. The summed E-state index contributed by atoms with van der Waals surface area (Å²) in [4.78, 5) is 11.6. The number of amides is 1. The first-order valence-electron chi connectivity index (χ1n) is 6.45. The number of carbonyl (C=O) groups is 1. The van der Waals surface area contributed by atoms with Crippen molar-refractivity contribution in [3.8, 4) is 5.75 Å². The molecule has 0 aliphatic heterocycles. The van der Waals surface area contributed by atoms with Gasteiger partial charge in [0, 0.05) is 22.1 Å². The van der Waals surface area contributed by atoms with Crippen molar-refractivity contribution in [1.29, 1.82) is 0 Å². The van der Waals surface area contributed by atoms with Gasteiger partial charge in [-0.05, 0) is 38.5 Å². The van der Waals surface area contributed by atoms with Crippen LogP contribution in [-0.4, -0.2) is 23.6 Å². The van der Waals surface area contributed by atoms with Gasteiger partial charge in [-0.25, -0.2) is 0 Å². The van der Waals surface area contributed by atoms with Gasteiger partial charge in [-0.2, -0.15) is 0 Å². The molecule has 1 aromatic carbocycles. The molecule has 0 spiro atoms. The Hall–Kier alpha value is -1.07. The number of phenols is 1. The lowest BCUT2D eigenvalue weighted by Gasteiger charge is -2.19. The topological polar surface area (TPSA) is 61.4 Å². The second-order valence-electron chi connectivity index (χ2n) is 4.77. The summed E-state index contributed by atoms with van der Waals surface area (Å²) >= 11 is 3.39. The number of carbonyl (C=O) groups excluding carboxylic acids is 1. The fourth-order valence-electron chi connectivity index (χ4n) is 1.87. The van der Waals surface area contributed by atoms with Crippen molar-refractivity contribution in [3.63, 3.8) is 0 Å². The average molecular weight is 329 g/mol. The van der Waals surface area contributed by atoms with Crippen molar-refractivity contribution in [1.82, 2.24) is 10.6 Å². The summed E-state index contributed by atoms with van der Waals surface area (Å²) in [5.74, 6) is 0.203. The second-order valence-corrected chi connectivity index (χ2v) is 5.68. The molecule has 0 aliphatic carbocycles. The molecule has 0 radical (unpaired) electrons. The molecule has 4 nitrogen and oxygen atoms in total. The van der Waals surface area contributed by atoms with Crippen LogP contribution in [-0.2, 0) is 4.79 Å². The maximum atomic E-state index is 11.6. The van der Waals surface area contributed by atoms with Crippen molar-refractivity contribution in [2.45, 2.75) is 39.3 Å². The van der Waals surface area contributed by atoms with E-state index in [0.29, 0.717) is 0 Å². The highest BCUT2D eigenvalue weighted by Crippen LogP contribution is 2.29. The molecule has 0 aliphatic rings. The van der Waals surface area contributed by atoms with Crippen LogP contribution in [0.1, 0.15) is 38.8 Å². The first-order chi connectivity index (χ1) is 8.93. The number of phenolic OH excluding ortho intramolecular Hbond substituents is 1. The Kier molecular flexibility index (Phi) is 6.31. The van der Waals surface area contributed by atoms with E-state index in [-0.39, 0.29) is 30.3 Å². The first kappa shape index (κ1) is 16.0. The summed E-state index contributed by atoms with van der Waals surface area (Å²) in [6, 6.07) is 5.40. The van der Waals surface area contributed by atoms with Gasteiger partial charge in [-0.3, -0.25) is 4.79 Å². The van der Waals surface area contributed by atoms with Gasteiger partial charge in [0.05, 0.1) is 6.54 Å². The highest BCUT2D eigenvalue weighted by molar-refractivity contribution is 9.10.